The molecule has 8 heteroatoms. The third-order valence-electron chi connectivity index (χ3n) is 6.54. The smallest absolute Gasteiger partial charge is 0.243 e. The Morgan fingerprint density at radius 3 is 2.60 bits per heavy atom. The summed E-state index contributed by atoms with van der Waals surface area (Å²) < 4.78 is 27.9. The van der Waals surface area contributed by atoms with Crippen LogP contribution in [0.5, 0.6) is 0 Å². The SMILES string of the molecule is CCN1CC[C@@]2(C(=O)Nc3cccnc3)CCN(S(=O)(=O)c3ccccc3)CC[C@@H]12. The van der Waals surface area contributed by atoms with Crippen molar-refractivity contribution in [3.8, 4) is 0 Å². The number of benzene rings is 1. The molecule has 1 amide bonds. The average Bonchev–Trinajstić information content (AvgIpc) is 3.01. The maximum Gasteiger partial charge on any atom is 0.243 e. The first-order valence-electron chi connectivity index (χ1n) is 10.5. The van der Waals surface area contributed by atoms with Gasteiger partial charge in [-0.15, -0.1) is 0 Å². The quantitative estimate of drug-likeness (QED) is 0.792. The molecule has 0 spiro atoms. The van der Waals surface area contributed by atoms with Crippen molar-refractivity contribution in [3.05, 3.63) is 54.9 Å². The topological polar surface area (TPSA) is 82.6 Å². The number of sulfonamides is 1. The van der Waals surface area contributed by atoms with Gasteiger partial charge in [-0.05, 0) is 56.6 Å². The van der Waals surface area contributed by atoms with Crippen LogP contribution in [0.3, 0.4) is 0 Å². The Morgan fingerprint density at radius 1 is 1.13 bits per heavy atom. The summed E-state index contributed by atoms with van der Waals surface area (Å²) in [5.41, 5.74) is 0.0656. The van der Waals surface area contributed by atoms with E-state index in [1.165, 1.54) is 0 Å². The lowest BCUT2D eigenvalue weighted by atomic mass is 9.75. The number of nitrogens with one attached hydrogen (secondary N) is 1. The summed E-state index contributed by atoms with van der Waals surface area (Å²) >= 11 is 0. The second-order valence-electron chi connectivity index (χ2n) is 8.00. The third kappa shape index (κ3) is 3.75. The van der Waals surface area contributed by atoms with E-state index in [-0.39, 0.29) is 11.9 Å². The Hall–Kier alpha value is -2.29. The van der Waals surface area contributed by atoms with E-state index in [0.29, 0.717) is 36.5 Å². The summed E-state index contributed by atoms with van der Waals surface area (Å²) in [5.74, 6) is -0.0320. The van der Waals surface area contributed by atoms with Crippen molar-refractivity contribution in [1.82, 2.24) is 14.2 Å². The van der Waals surface area contributed by atoms with Crippen LogP contribution in [0.1, 0.15) is 26.2 Å². The number of likely N-dealkylation sites (tertiary alicyclic amines) is 1. The van der Waals surface area contributed by atoms with E-state index in [0.717, 1.165) is 19.5 Å². The fourth-order valence-corrected chi connectivity index (χ4v) is 6.38. The van der Waals surface area contributed by atoms with Gasteiger partial charge in [0.15, 0.2) is 0 Å². The molecule has 2 fully saturated rings. The van der Waals surface area contributed by atoms with Crippen molar-refractivity contribution in [1.29, 1.82) is 0 Å². The Kier molecular flexibility index (Phi) is 5.90. The predicted molar refractivity (Wildman–Crippen MR) is 115 cm³/mol. The minimum atomic E-state index is -3.58. The molecule has 0 aliphatic carbocycles. The highest BCUT2D eigenvalue weighted by Crippen LogP contribution is 2.45. The van der Waals surface area contributed by atoms with Gasteiger partial charge in [0.1, 0.15) is 0 Å². The monoisotopic (exact) mass is 428 g/mol. The number of hydrogen-bond donors (Lipinski definition) is 1. The number of carbonyl (C=O) groups excluding carboxylic acids is 1. The first-order chi connectivity index (χ1) is 14.5. The minimum absolute atomic E-state index is 0.0233. The molecule has 1 N–H and O–H groups in total. The number of aromatic nitrogens is 1. The summed E-state index contributed by atoms with van der Waals surface area (Å²) in [6.07, 6.45) is 5.19. The van der Waals surface area contributed by atoms with Crippen molar-refractivity contribution >= 4 is 21.6 Å². The van der Waals surface area contributed by atoms with Crippen LogP contribution >= 0.6 is 0 Å². The van der Waals surface area contributed by atoms with Crippen LogP contribution in [-0.2, 0) is 14.8 Å². The normalized spacial score (nSPS) is 25.4. The zero-order valence-corrected chi connectivity index (χ0v) is 18.0. The van der Waals surface area contributed by atoms with Crippen LogP contribution in [0, 0.1) is 5.41 Å². The van der Waals surface area contributed by atoms with Gasteiger partial charge < -0.3 is 5.32 Å². The fourth-order valence-electron chi connectivity index (χ4n) is 4.90. The van der Waals surface area contributed by atoms with Gasteiger partial charge in [0.2, 0.25) is 15.9 Å². The molecule has 3 heterocycles. The van der Waals surface area contributed by atoms with E-state index in [9.17, 15) is 13.2 Å². The Bertz CT molecular complexity index is 984. The molecular formula is C22H28N4O3S. The van der Waals surface area contributed by atoms with Gasteiger partial charge in [-0.1, -0.05) is 25.1 Å². The summed E-state index contributed by atoms with van der Waals surface area (Å²) in [4.78, 5) is 20.2. The number of amides is 1. The van der Waals surface area contributed by atoms with Crippen LogP contribution in [0.4, 0.5) is 5.69 Å². The van der Waals surface area contributed by atoms with Crippen LogP contribution in [-0.4, -0.2) is 60.7 Å². The lowest BCUT2D eigenvalue weighted by Gasteiger charge is -2.35. The molecule has 160 valence electrons. The van der Waals surface area contributed by atoms with E-state index in [4.69, 9.17) is 0 Å². The number of nitrogens with zero attached hydrogens (tertiary/aromatic N) is 3. The maximum atomic E-state index is 13.5. The fraction of sp³-hybridized carbons (Fsp3) is 0.455. The molecule has 0 radical (unpaired) electrons. The van der Waals surface area contributed by atoms with Crippen molar-refractivity contribution in [2.45, 2.75) is 37.1 Å². The van der Waals surface area contributed by atoms with Gasteiger partial charge in [-0.25, -0.2) is 8.42 Å². The lowest BCUT2D eigenvalue weighted by Crippen LogP contribution is -2.47. The van der Waals surface area contributed by atoms with Gasteiger partial charge in [-0.2, -0.15) is 4.31 Å². The maximum absolute atomic E-state index is 13.5. The molecular weight excluding hydrogens is 400 g/mol. The van der Waals surface area contributed by atoms with Crippen LogP contribution in [0.25, 0.3) is 0 Å². The van der Waals surface area contributed by atoms with Gasteiger partial charge in [0.05, 0.1) is 22.2 Å². The van der Waals surface area contributed by atoms with Crippen LogP contribution < -0.4 is 5.32 Å². The van der Waals surface area contributed by atoms with Crippen molar-refractivity contribution in [2.75, 3.05) is 31.5 Å². The zero-order valence-electron chi connectivity index (χ0n) is 17.2. The third-order valence-corrected chi connectivity index (χ3v) is 8.45. The van der Waals surface area contributed by atoms with Crippen molar-refractivity contribution < 1.29 is 13.2 Å². The largest absolute Gasteiger partial charge is 0.324 e. The molecule has 2 aliphatic rings. The Morgan fingerprint density at radius 2 is 1.90 bits per heavy atom. The van der Waals surface area contributed by atoms with E-state index < -0.39 is 15.4 Å². The lowest BCUT2D eigenvalue weighted by molar-refractivity contribution is -0.127. The van der Waals surface area contributed by atoms with E-state index in [2.05, 4.69) is 22.1 Å². The molecule has 0 saturated carbocycles. The summed E-state index contributed by atoms with van der Waals surface area (Å²) in [6.45, 7) is 4.55. The highest BCUT2D eigenvalue weighted by atomic mass is 32.2. The first-order valence-corrected chi connectivity index (χ1v) is 11.9. The summed E-state index contributed by atoms with van der Waals surface area (Å²) in [5, 5.41) is 3.04. The number of hydrogen-bond acceptors (Lipinski definition) is 5. The number of rotatable bonds is 5. The number of carbonyl (C=O) groups is 1. The Labute approximate surface area is 178 Å². The van der Waals surface area contributed by atoms with Crippen molar-refractivity contribution in [3.63, 3.8) is 0 Å². The molecule has 2 aromatic rings. The van der Waals surface area contributed by atoms with E-state index in [1.807, 2.05) is 12.1 Å². The highest BCUT2D eigenvalue weighted by molar-refractivity contribution is 7.89. The molecule has 0 unspecified atom stereocenters. The van der Waals surface area contributed by atoms with Crippen LogP contribution in [0.2, 0.25) is 0 Å². The average molecular weight is 429 g/mol. The molecule has 2 aliphatic heterocycles. The van der Waals surface area contributed by atoms with Crippen molar-refractivity contribution in [2.24, 2.45) is 5.41 Å². The molecule has 4 rings (SSSR count). The first kappa shape index (κ1) is 21.0. The molecule has 30 heavy (non-hydrogen) atoms. The molecule has 2 atom stereocenters. The highest BCUT2D eigenvalue weighted by Gasteiger charge is 2.53. The standard InChI is InChI=1S/C22H28N4O3S/c1-2-25-15-11-22(21(27)24-18-7-6-13-23-17-18)12-16-26(14-10-20(22)25)30(28,29)19-8-4-3-5-9-19/h3-9,13,17,20H,2,10-12,14-16H2,1H3,(H,24,27)/t20-,22-/m1/s1. The van der Waals surface area contributed by atoms with Gasteiger partial charge in [-0.3, -0.25) is 14.7 Å². The van der Waals surface area contributed by atoms with Gasteiger partial charge in [0.25, 0.3) is 0 Å². The van der Waals surface area contributed by atoms with E-state index >= 15 is 0 Å². The number of pyridine rings is 1. The zero-order chi connectivity index (χ0) is 21.2. The Balaban J connectivity index is 1.61. The molecule has 2 saturated heterocycles. The predicted octanol–water partition coefficient (Wildman–Crippen LogP) is 2.59. The van der Waals surface area contributed by atoms with Crippen LogP contribution in [0.15, 0.2) is 59.8 Å². The number of fused-ring (bicyclic) bond motifs is 1. The summed E-state index contributed by atoms with van der Waals surface area (Å²) in [7, 11) is -3.58. The molecule has 1 aromatic carbocycles. The molecule has 0 bridgehead atoms. The number of anilines is 1. The molecule has 1 aromatic heterocycles. The van der Waals surface area contributed by atoms with Gasteiger partial charge in [0, 0.05) is 25.3 Å². The second-order valence-corrected chi connectivity index (χ2v) is 9.94. The van der Waals surface area contributed by atoms with Gasteiger partial charge >= 0.3 is 0 Å². The minimum Gasteiger partial charge on any atom is -0.324 e. The van der Waals surface area contributed by atoms with E-state index in [1.54, 1.807) is 47.0 Å². The molecule has 7 nitrogen and oxygen atoms in total. The summed E-state index contributed by atoms with van der Waals surface area (Å²) in [6, 6.07) is 12.2. The second kappa shape index (κ2) is 8.45.